The second-order valence-electron chi connectivity index (χ2n) is 16.6. The molecule has 0 radical (unpaired) electrons. The highest BCUT2D eigenvalue weighted by Crippen LogP contribution is 2.21. The SMILES string of the molecule is CCCCCCCCOCC(C)C(=O)OCCCCCN(CCCCCCCOC(=O)C(CCCCCCCC)CCCCCCCC)CCN(CC)CC. The monoisotopic (exact) mass is 781 g/mol. The Morgan fingerprint density at radius 1 is 0.418 bits per heavy atom. The molecule has 55 heavy (non-hydrogen) atoms. The maximum atomic E-state index is 13.1. The lowest BCUT2D eigenvalue weighted by atomic mass is 9.94. The van der Waals surface area contributed by atoms with E-state index in [0.29, 0.717) is 19.8 Å². The molecule has 7 nitrogen and oxygen atoms in total. The van der Waals surface area contributed by atoms with Gasteiger partial charge < -0.3 is 24.0 Å². The molecule has 0 bridgehead atoms. The summed E-state index contributed by atoms with van der Waals surface area (Å²) in [5.41, 5.74) is 0. The lowest BCUT2D eigenvalue weighted by Gasteiger charge is -2.26. The van der Waals surface area contributed by atoms with Gasteiger partial charge in [-0.15, -0.1) is 0 Å². The molecule has 0 aromatic rings. The largest absolute Gasteiger partial charge is 0.465 e. The molecule has 1 unspecified atom stereocenters. The van der Waals surface area contributed by atoms with Crippen LogP contribution in [0, 0.1) is 11.8 Å². The van der Waals surface area contributed by atoms with E-state index < -0.39 is 0 Å². The molecule has 0 spiro atoms. The predicted octanol–water partition coefficient (Wildman–Crippen LogP) is 13.0. The van der Waals surface area contributed by atoms with E-state index in [1.807, 2.05) is 6.92 Å². The second-order valence-corrected chi connectivity index (χ2v) is 16.6. The fourth-order valence-electron chi connectivity index (χ4n) is 7.38. The topological polar surface area (TPSA) is 68.3 Å². The smallest absolute Gasteiger partial charge is 0.310 e. The first-order chi connectivity index (χ1) is 26.9. The Labute approximate surface area is 343 Å². The molecule has 1 atom stereocenters. The molecule has 0 saturated heterocycles. The van der Waals surface area contributed by atoms with Gasteiger partial charge in [0.05, 0.1) is 31.7 Å². The normalized spacial score (nSPS) is 12.3. The van der Waals surface area contributed by atoms with Crippen LogP contribution in [0.25, 0.3) is 0 Å². The van der Waals surface area contributed by atoms with E-state index in [1.165, 1.54) is 116 Å². The van der Waals surface area contributed by atoms with E-state index >= 15 is 0 Å². The van der Waals surface area contributed by atoms with Gasteiger partial charge in [0, 0.05) is 19.7 Å². The number of hydrogen-bond acceptors (Lipinski definition) is 7. The van der Waals surface area contributed by atoms with Gasteiger partial charge in [0.25, 0.3) is 0 Å². The fraction of sp³-hybridized carbons (Fsp3) is 0.958. The number of likely N-dealkylation sites (N-methyl/N-ethyl adjacent to an activating group) is 1. The number of nitrogens with zero attached hydrogens (tertiary/aromatic N) is 2. The van der Waals surface area contributed by atoms with Gasteiger partial charge in [-0.2, -0.15) is 0 Å². The summed E-state index contributed by atoms with van der Waals surface area (Å²) in [4.78, 5) is 30.6. The first-order valence-electron chi connectivity index (χ1n) is 24.3. The van der Waals surface area contributed by atoms with Gasteiger partial charge in [-0.3, -0.25) is 9.59 Å². The summed E-state index contributed by atoms with van der Waals surface area (Å²) in [5.74, 6) is -0.152. The molecule has 0 aliphatic rings. The molecule has 0 N–H and O–H groups in total. The van der Waals surface area contributed by atoms with E-state index in [2.05, 4.69) is 44.4 Å². The van der Waals surface area contributed by atoms with Gasteiger partial charge in [-0.25, -0.2) is 0 Å². The lowest BCUT2D eigenvalue weighted by molar-refractivity contribution is -0.150. The molecular weight excluding hydrogens is 685 g/mol. The molecule has 0 rings (SSSR count). The third kappa shape index (κ3) is 35.7. The number of carbonyl (C=O) groups excluding carboxylic acids is 2. The number of rotatable bonds is 44. The second kappa shape index (κ2) is 42.4. The number of carbonyl (C=O) groups is 2. The summed E-state index contributed by atoms with van der Waals surface area (Å²) >= 11 is 0. The molecule has 0 aliphatic heterocycles. The van der Waals surface area contributed by atoms with Crippen LogP contribution in [-0.4, -0.2) is 87.4 Å². The van der Waals surface area contributed by atoms with Crippen LogP contribution in [0.5, 0.6) is 0 Å². The molecule has 0 heterocycles. The van der Waals surface area contributed by atoms with Gasteiger partial charge in [0.1, 0.15) is 0 Å². The highest BCUT2D eigenvalue weighted by atomic mass is 16.5. The Kier molecular flexibility index (Phi) is 41.5. The minimum Gasteiger partial charge on any atom is -0.465 e. The average Bonchev–Trinajstić information content (AvgIpc) is 3.19. The zero-order chi connectivity index (χ0) is 40.5. The van der Waals surface area contributed by atoms with Crippen molar-refractivity contribution in [3.05, 3.63) is 0 Å². The predicted molar refractivity (Wildman–Crippen MR) is 236 cm³/mol. The molecule has 7 heteroatoms. The van der Waals surface area contributed by atoms with Gasteiger partial charge >= 0.3 is 11.9 Å². The van der Waals surface area contributed by atoms with Gasteiger partial charge in [-0.05, 0) is 84.5 Å². The van der Waals surface area contributed by atoms with Gasteiger partial charge in [0.2, 0.25) is 0 Å². The van der Waals surface area contributed by atoms with E-state index in [0.717, 1.165) is 110 Å². The van der Waals surface area contributed by atoms with Crippen LogP contribution < -0.4 is 0 Å². The number of unbranched alkanes of at least 4 members (excludes halogenated alkanes) is 21. The fourth-order valence-corrected chi connectivity index (χ4v) is 7.38. The first-order valence-corrected chi connectivity index (χ1v) is 24.3. The minimum absolute atomic E-state index is 0.0716. The summed E-state index contributed by atoms with van der Waals surface area (Å²) in [7, 11) is 0. The van der Waals surface area contributed by atoms with E-state index in [-0.39, 0.29) is 23.8 Å². The van der Waals surface area contributed by atoms with Crippen molar-refractivity contribution in [1.82, 2.24) is 9.80 Å². The van der Waals surface area contributed by atoms with Crippen molar-refractivity contribution in [3.8, 4) is 0 Å². The molecule has 0 aromatic heterocycles. The molecule has 0 aliphatic carbocycles. The third-order valence-corrected chi connectivity index (χ3v) is 11.4. The number of ether oxygens (including phenoxy) is 3. The van der Waals surface area contributed by atoms with Crippen molar-refractivity contribution < 1.29 is 23.8 Å². The first kappa shape index (κ1) is 53.8. The van der Waals surface area contributed by atoms with Crippen molar-refractivity contribution in [2.45, 2.75) is 221 Å². The molecular formula is C48H96N2O5. The third-order valence-electron chi connectivity index (χ3n) is 11.4. The van der Waals surface area contributed by atoms with Crippen molar-refractivity contribution in [1.29, 1.82) is 0 Å². The van der Waals surface area contributed by atoms with Crippen LogP contribution in [-0.2, 0) is 23.8 Å². The molecule has 0 amide bonds. The summed E-state index contributed by atoms with van der Waals surface area (Å²) < 4.78 is 17.2. The summed E-state index contributed by atoms with van der Waals surface area (Å²) in [6.07, 6.45) is 33.7. The summed E-state index contributed by atoms with van der Waals surface area (Å²) in [5, 5.41) is 0. The molecule has 0 saturated carbocycles. The van der Waals surface area contributed by atoms with Crippen molar-refractivity contribution >= 4 is 11.9 Å². The zero-order valence-electron chi connectivity index (χ0n) is 38.0. The van der Waals surface area contributed by atoms with Crippen LogP contribution in [0.3, 0.4) is 0 Å². The Morgan fingerprint density at radius 3 is 1.29 bits per heavy atom. The standard InChI is InChI=1S/C48H96N2O5/c1-7-12-15-18-22-28-35-46(36-29-23-19-16-13-8-2)48(52)55-43-33-26-21-24-30-37-50(40-39-49(10-4)11-5)38-31-27-34-42-54-47(51)45(6)44-53-41-32-25-20-17-14-9-3/h45-46H,7-44H2,1-6H3. The van der Waals surface area contributed by atoms with Crippen LogP contribution in [0.2, 0.25) is 0 Å². The Balaban J connectivity index is 4.33. The zero-order valence-corrected chi connectivity index (χ0v) is 38.0. The Hall–Kier alpha value is -1.18. The Bertz CT molecular complexity index is 791. The molecule has 0 aromatic carbocycles. The average molecular weight is 781 g/mol. The van der Waals surface area contributed by atoms with Crippen molar-refractivity contribution in [3.63, 3.8) is 0 Å². The van der Waals surface area contributed by atoms with Gasteiger partial charge in [-0.1, -0.05) is 163 Å². The molecule has 0 fully saturated rings. The number of esters is 2. The Morgan fingerprint density at radius 2 is 0.800 bits per heavy atom. The highest BCUT2D eigenvalue weighted by Gasteiger charge is 2.19. The van der Waals surface area contributed by atoms with E-state index in [1.54, 1.807) is 0 Å². The van der Waals surface area contributed by atoms with E-state index in [4.69, 9.17) is 14.2 Å². The van der Waals surface area contributed by atoms with Crippen LogP contribution in [0.1, 0.15) is 221 Å². The lowest BCUT2D eigenvalue weighted by Crippen LogP contribution is -2.36. The van der Waals surface area contributed by atoms with E-state index in [9.17, 15) is 9.59 Å². The molecule has 328 valence electrons. The van der Waals surface area contributed by atoms with Crippen LogP contribution >= 0.6 is 0 Å². The van der Waals surface area contributed by atoms with Crippen LogP contribution in [0.15, 0.2) is 0 Å². The van der Waals surface area contributed by atoms with Crippen LogP contribution in [0.4, 0.5) is 0 Å². The van der Waals surface area contributed by atoms with Crippen molar-refractivity contribution in [2.75, 3.05) is 65.7 Å². The quantitative estimate of drug-likeness (QED) is 0.0450. The maximum Gasteiger partial charge on any atom is 0.310 e. The van der Waals surface area contributed by atoms with Crippen molar-refractivity contribution in [2.24, 2.45) is 11.8 Å². The minimum atomic E-state index is -0.197. The summed E-state index contributed by atoms with van der Waals surface area (Å²) in [6, 6.07) is 0. The maximum absolute atomic E-state index is 13.1. The number of hydrogen-bond donors (Lipinski definition) is 0. The van der Waals surface area contributed by atoms with Gasteiger partial charge in [0.15, 0.2) is 0 Å². The highest BCUT2D eigenvalue weighted by molar-refractivity contribution is 5.72. The summed E-state index contributed by atoms with van der Waals surface area (Å²) in [6.45, 7) is 22.1.